The van der Waals surface area contributed by atoms with Crippen LogP contribution < -0.4 is 0 Å². The van der Waals surface area contributed by atoms with Gasteiger partial charge in [-0.1, -0.05) is 33.6 Å². The third-order valence-electron chi connectivity index (χ3n) is 4.92. The van der Waals surface area contributed by atoms with Gasteiger partial charge in [0.05, 0.1) is 6.61 Å². The molecule has 148 valence electrons. The summed E-state index contributed by atoms with van der Waals surface area (Å²) in [5, 5.41) is 0. The number of ether oxygens (including phenoxy) is 1. The number of thioether (sulfide) groups is 1. The maximum atomic E-state index is 11.6. The molecule has 1 aliphatic heterocycles. The largest absolute Gasteiger partial charge is 0.466 e. The average molecular weight is 397 g/mol. The Morgan fingerprint density at radius 1 is 1.21 bits per heavy atom. The number of carbonyl (C=O) groups excluding carboxylic acids is 1. The smallest absolute Gasteiger partial charge is 0.313 e. The molecule has 0 radical (unpaired) electrons. The van der Waals surface area contributed by atoms with Crippen molar-refractivity contribution < 1.29 is 13.9 Å². The van der Waals surface area contributed by atoms with Crippen LogP contribution in [-0.2, 0) is 21.4 Å². The molecule has 0 atom stereocenters. The number of rotatable bonds is 3. The summed E-state index contributed by atoms with van der Waals surface area (Å²) in [4.78, 5) is 12.9. The van der Waals surface area contributed by atoms with Gasteiger partial charge in [-0.25, -0.2) is 0 Å². The molecular formula is C24H28O3S. The van der Waals surface area contributed by atoms with E-state index in [1.807, 2.05) is 11.8 Å². The van der Waals surface area contributed by atoms with Crippen molar-refractivity contribution in [3.63, 3.8) is 0 Å². The van der Waals surface area contributed by atoms with Crippen LogP contribution in [0.3, 0.4) is 0 Å². The van der Waals surface area contributed by atoms with Crippen molar-refractivity contribution in [2.75, 3.05) is 6.61 Å². The summed E-state index contributed by atoms with van der Waals surface area (Å²) in [6.45, 7) is 13.5. The maximum absolute atomic E-state index is 11.6. The number of esters is 1. The fourth-order valence-corrected chi connectivity index (χ4v) is 5.66. The summed E-state index contributed by atoms with van der Waals surface area (Å²) in [7, 11) is 0. The summed E-state index contributed by atoms with van der Waals surface area (Å²) < 4.78 is 10.9. The third-order valence-corrected chi connectivity index (χ3v) is 6.17. The zero-order valence-corrected chi connectivity index (χ0v) is 18.4. The van der Waals surface area contributed by atoms with E-state index in [4.69, 9.17) is 9.15 Å². The number of benzene rings is 1. The van der Waals surface area contributed by atoms with Gasteiger partial charge in [-0.05, 0) is 67.0 Å². The van der Waals surface area contributed by atoms with Gasteiger partial charge in [-0.3, -0.25) is 4.79 Å². The Kier molecular flexibility index (Phi) is 5.68. The first kappa shape index (κ1) is 20.6. The molecule has 2 heterocycles. The van der Waals surface area contributed by atoms with Crippen LogP contribution in [0.1, 0.15) is 69.3 Å². The SMILES string of the molecule is CCOC(=O)Cc1ccc(C#Cc2cc3c(cc2C)SC(C)(C)CC3(C)C)o1. The van der Waals surface area contributed by atoms with Crippen molar-refractivity contribution in [3.8, 4) is 11.8 Å². The van der Waals surface area contributed by atoms with Crippen LogP contribution in [0.25, 0.3) is 0 Å². The fraction of sp³-hybridized carbons (Fsp3) is 0.458. The topological polar surface area (TPSA) is 39.4 Å². The lowest BCUT2D eigenvalue weighted by Crippen LogP contribution is -2.33. The van der Waals surface area contributed by atoms with Crippen LogP contribution >= 0.6 is 11.8 Å². The Morgan fingerprint density at radius 3 is 2.68 bits per heavy atom. The molecule has 0 amide bonds. The first-order valence-electron chi connectivity index (χ1n) is 9.70. The molecule has 0 saturated carbocycles. The van der Waals surface area contributed by atoms with Gasteiger partial charge >= 0.3 is 5.97 Å². The molecule has 0 unspecified atom stereocenters. The standard InChI is InChI=1S/C24H28O3S/c1-7-26-22(25)14-19-11-10-18(27-19)9-8-17-13-20-21(12-16(17)2)28-24(5,6)15-23(20,3)4/h10-13H,7,14-15H2,1-6H3. The van der Waals surface area contributed by atoms with Crippen LogP contribution in [0, 0.1) is 18.8 Å². The molecule has 0 spiro atoms. The monoisotopic (exact) mass is 396 g/mol. The van der Waals surface area contributed by atoms with Crippen LogP contribution in [0.5, 0.6) is 0 Å². The van der Waals surface area contributed by atoms with E-state index in [-0.39, 0.29) is 22.6 Å². The van der Waals surface area contributed by atoms with Crippen molar-refractivity contribution in [2.45, 2.75) is 69.4 Å². The van der Waals surface area contributed by atoms with Crippen LogP contribution in [-0.4, -0.2) is 17.3 Å². The minimum absolute atomic E-state index is 0.117. The zero-order valence-electron chi connectivity index (χ0n) is 17.6. The number of carbonyl (C=O) groups is 1. The number of furan rings is 1. The van der Waals surface area contributed by atoms with Gasteiger partial charge in [-0.15, -0.1) is 11.8 Å². The highest BCUT2D eigenvalue weighted by Crippen LogP contribution is 2.51. The molecule has 0 fully saturated rings. The normalized spacial score (nSPS) is 16.6. The highest BCUT2D eigenvalue weighted by Gasteiger charge is 2.38. The van der Waals surface area contributed by atoms with E-state index in [0.29, 0.717) is 18.1 Å². The first-order valence-corrected chi connectivity index (χ1v) is 10.5. The van der Waals surface area contributed by atoms with Crippen molar-refractivity contribution >= 4 is 17.7 Å². The predicted octanol–water partition coefficient (Wildman–Crippen LogP) is 5.65. The van der Waals surface area contributed by atoms with Gasteiger partial charge in [0.2, 0.25) is 0 Å². The first-order chi connectivity index (χ1) is 13.1. The molecule has 2 aromatic rings. The van der Waals surface area contributed by atoms with Gasteiger partial charge in [0, 0.05) is 15.2 Å². The molecule has 1 aromatic heterocycles. The fourth-order valence-electron chi connectivity index (χ4n) is 3.95. The number of hydrogen-bond acceptors (Lipinski definition) is 4. The van der Waals surface area contributed by atoms with Gasteiger partial charge in [-0.2, -0.15) is 0 Å². The number of fused-ring (bicyclic) bond motifs is 1. The minimum Gasteiger partial charge on any atom is -0.466 e. The molecular weight excluding hydrogens is 368 g/mol. The molecule has 0 saturated heterocycles. The van der Waals surface area contributed by atoms with E-state index in [2.05, 4.69) is 58.6 Å². The summed E-state index contributed by atoms with van der Waals surface area (Å²) in [6.07, 6.45) is 1.26. The summed E-state index contributed by atoms with van der Waals surface area (Å²) in [6, 6.07) is 8.09. The highest BCUT2D eigenvalue weighted by atomic mass is 32.2. The van der Waals surface area contributed by atoms with Crippen molar-refractivity contribution in [1.82, 2.24) is 0 Å². The van der Waals surface area contributed by atoms with Crippen molar-refractivity contribution in [3.05, 3.63) is 52.5 Å². The van der Waals surface area contributed by atoms with Gasteiger partial charge in [0.15, 0.2) is 5.76 Å². The van der Waals surface area contributed by atoms with E-state index in [0.717, 1.165) is 12.0 Å². The van der Waals surface area contributed by atoms with Crippen LogP contribution in [0.15, 0.2) is 33.6 Å². The summed E-state index contributed by atoms with van der Waals surface area (Å²) in [5.74, 6) is 7.21. The Labute approximate surface area is 172 Å². The lowest BCUT2D eigenvalue weighted by molar-refractivity contribution is -0.142. The van der Waals surface area contributed by atoms with Crippen LogP contribution in [0.2, 0.25) is 0 Å². The van der Waals surface area contributed by atoms with E-state index >= 15 is 0 Å². The minimum atomic E-state index is -0.287. The second-order valence-electron chi connectivity index (χ2n) is 8.58. The number of hydrogen-bond donors (Lipinski definition) is 0. The lowest BCUT2D eigenvalue weighted by atomic mass is 9.76. The van der Waals surface area contributed by atoms with Crippen LogP contribution in [0.4, 0.5) is 0 Å². The molecule has 1 aliphatic rings. The van der Waals surface area contributed by atoms with E-state index in [1.54, 1.807) is 19.1 Å². The Bertz CT molecular complexity index is 954. The van der Waals surface area contributed by atoms with Gasteiger partial charge < -0.3 is 9.15 Å². The molecule has 0 bridgehead atoms. The average Bonchev–Trinajstić information content (AvgIpc) is 2.99. The van der Waals surface area contributed by atoms with Gasteiger partial charge in [0.25, 0.3) is 0 Å². The Balaban J connectivity index is 1.86. The molecule has 28 heavy (non-hydrogen) atoms. The zero-order chi connectivity index (χ0) is 20.5. The van der Waals surface area contributed by atoms with Crippen molar-refractivity contribution in [1.29, 1.82) is 0 Å². The molecule has 4 heteroatoms. The maximum Gasteiger partial charge on any atom is 0.313 e. The predicted molar refractivity (Wildman–Crippen MR) is 114 cm³/mol. The second kappa shape index (κ2) is 7.72. The summed E-state index contributed by atoms with van der Waals surface area (Å²) in [5.41, 5.74) is 3.68. The van der Waals surface area contributed by atoms with E-state index < -0.39 is 0 Å². The second-order valence-corrected chi connectivity index (χ2v) is 10.3. The quantitative estimate of drug-likeness (QED) is 0.497. The third kappa shape index (κ3) is 4.64. The van der Waals surface area contributed by atoms with Crippen molar-refractivity contribution in [2.24, 2.45) is 0 Å². The van der Waals surface area contributed by atoms with Gasteiger partial charge in [0.1, 0.15) is 12.2 Å². The van der Waals surface area contributed by atoms with E-state index in [9.17, 15) is 4.79 Å². The Morgan fingerprint density at radius 2 is 1.96 bits per heavy atom. The molecule has 3 rings (SSSR count). The molecule has 3 nitrogen and oxygen atoms in total. The molecule has 1 aromatic carbocycles. The molecule has 0 N–H and O–H groups in total. The Hall–Kier alpha value is -2.12. The van der Waals surface area contributed by atoms with E-state index in [1.165, 1.54) is 16.0 Å². The molecule has 0 aliphatic carbocycles. The number of aryl methyl sites for hydroxylation is 1. The summed E-state index contributed by atoms with van der Waals surface area (Å²) >= 11 is 1.96. The highest BCUT2D eigenvalue weighted by molar-refractivity contribution is 8.00. The lowest BCUT2D eigenvalue weighted by Gasteiger charge is -2.42.